The number of imidazole rings is 1. The van der Waals surface area contributed by atoms with Crippen molar-refractivity contribution in [3.8, 4) is 0 Å². The Bertz CT molecular complexity index is 1020. The van der Waals surface area contributed by atoms with Crippen LogP contribution in [0.25, 0.3) is 10.9 Å². The van der Waals surface area contributed by atoms with Crippen molar-refractivity contribution < 1.29 is 0 Å². The van der Waals surface area contributed by atoms with E-state index in [0.717, 1.165) is 23.3 Å². The standard InChI is InChI=1S/C20H20N6/c1-25(20-23-17-10-6-5-9-16(17)19(21)24-20)14-18-22-11-12-26(18)13-15-7-3-2-4-8-15/h2-12H,13-14H2,1H3,(H2,21,23,24). The van der Waals surface area contributed by atoms with Gasteiger partial charge in [0, 0.05) is 31.4 Å². The summed E-state index contributed by atoms with van der Waals surface area (Å²) in [5.74, 6) is 2.03. The Morgan fingerprint density at radius 2 is 1.77 bits per heavy atom. The molecule has 6 heteroatoms. The van der Waals surface area contributed by atoms with Crippen molar-refractivity contribution in [2.75, 3.05) is 17.7 Å². The number of hydrogen-bond donors (Lipinski definition) is 1. The number of nitrogens with zero attached hydrogens (tertiary/aromatic N) is 5. The maximum absolute atomic E-state index is 6.10. The van der Waals surface area contributed by atoms with Gasteiger partial charge < -0.3 is 15.2 Å². The molecule has 4 rings (SSSR count). The normalized spacial score (nSPS) is 11.0. The molecule has 0 spiro atoms. The molecule has 0 unspecified atom stereocenters. The van der Waals surface area contributed by atoms with Gasteiger partial charge in [-0.15, -0.1) is 0 Å². The molecule has 0 bridgehead atoms. The molecule has 0 aliphatic rings. The number of para-hydroxylation sites is 1. The fourth-order valence-electron chi connectivity index (χ4n) is 2.96. The van der Waals surface area contributed by atoms with Gasteiger partial charge in [-0.2, -0.15) is 4.98 Å². The van der Waals surface area contributed by atoms with E-state index in [4.69, 9.17) is 5.73 Å². The molecule has 0 radical (unpaired) electrons. The summed E-state index contributed by atoms with van der Waals surface area (Å²) in [5, 5.41) is 0.871. The highest BCUT2D eigenvalue weighted by Gasteiger charge is 2.12. The zero-order valence-electron chi connectivity index (χ0n) is 14.6. The molecule has 0 aliphatic carbocycles. The third-order valence-electron chi connectivity index (χ3n) is 4.34. The molecule has 0 saturated carbocycles. The van der Waals surface area contributed by atoms with E-state index in [1.165, 1.54) is 5.56 Å². The van der Waals surface area contributed by atoms with E-state index in [9.17, 15) is 0 Å². The van der Waals surface area contributed by atoms with Crippen molar-refractivity contribution in [2.45, 2.75) is 13.1 Å². The summed E-state index contributed by atoms with van der Waals surface area (Å²) in [7, 11) is 1.95. The third kappa shape index (κ3) is 3.21. The maximum Gasteiger partial charge on any atom is 0.228 e. The minimum absolute atomic E-state index is 0.491. The Balaban J connectivity index is 1.57. The lowest BCUT2D eigenvalue weighted by Crippen LogP contribution is -2.22. The molecule has 0 fully saturated rings. The number of aromatic nitrogens is 4. The van der Waals surface area contributed by atoms with E-state index in [1.54, 1.807) is 0 Å². The van der Waals surface area contributed by atoms with Crippen LogP contribution in [0.5, 0.6) is 0 Å². The first-order chi connectivity index (χ1) is 12.7. The van der Waals surface area contributed by atoms with Gasteiger partial charge in [0.1, 0.15) is 11.6 Å². The number of nitrogens with two attached hydrogens (primary N) is 1. The quantitative estimate of drug-likeness (QED) is 0.602. The Hall–Kier alpha value is -3.41. The van der Waals surface area contributed by atoms with Crippen LogP contribution in [0.2, 0.25) is 0 Å². The number of rotatable bonds is 5. The van der Waals surface area contributed by atoms with E-state index in [-0.39, 0.29) is 0 Å². The van der Waals surface area contributed by atoms with Crippen LogP contribution in [0.3, 0.4) is 0 Å². The largest absolute Gasteiger partial charge is 0.383 e. The minimum Gasteiger partial charge on any atom is -0.383 e. The second-order valence-electron chi connectivity index (χ2n) is 6.24. The van der Waals surface area contributed by atoms with Gasteiger partial charge in [0.2, 0.25) is 5.95 Å². The summed E-state index contributed by atoms with van der Waals surface area (Å²) < 4.78 is 2.14. The summed E-state index contributed by atoms with van der Waals surface area (Å²) in [6.07, 6.45) is 3.81. The van der Waals surface area contributed by atoms with Gasteiger partial charge in [-0.25, -0.2) is 9.97 Å². The minimum atomic E-state index is 0.491. The lowest BCUT2D eigenvalue weighted by Gasteiger charge is -2.18. The second-order valence-corrected chi connectivity index (χ2v) is 6.24. The Morgan fingerprint density at radius 1 is 1.00 bits per heavy atom. The highest BCUT2D eigenvalue weighted by molar-refractivity contribution is 5.88. The van der Waals surface area contributed by atoms with Crippen LogP contribution in [-0.4, -0.2) is 26.6 Å². The summed E-state index contributed by atoms with van der Waals surface area (Å²) >= 11 is 0. The molecule has 4 aromatic rings. The van der Waals surface area contributed by atoms with Gasteiger partial charge in [-0.05, 0) is 17.7 Å². The van der Waals surface area contributed by atoms with Gasteiger partial charge in [0.05, 0.1) is 12.1 Å². The fourth-order valence-corrected chi connectivity index (χ4v) is 2.96. The van der Waals surface area contributed by atoms with Crippen LogP contribution in [0, 0.1) is 0 Å². The van der Waals surface area contributed by atoms with Crippen molar-refractivity contribution in [3.05, 3.63) is 78.4 Å². The Labute approximate surface area is 151 Å². The predicted molar refractivity (Wildman–Crippen MR) is 104 cm³/mol. The van der Waals surface area contributed by atoms with Crippen LogP contribution in [0.4, 0.5) is 11.8 Å². The van der Waals surface area contributed by atoms with Crippen LogP contribution in [-0.2, 0) is 13.1 Å². The highest BCUT2D eigenvalue weighted by atomic mass is 15.3. The van der Waals surface area contributed by atoms with Crippen molar-refractivity contribution in [1.82, 2.24) is 19.5 Å². The van der Waals surface area contributed by atoms with Gasteiger partial charge >= 0.3 is 0 Å². The molecule has 26 heavy (non-hydrogen) atoms. The first kappa shape index (κ1) is 16.1. The summed E-state index contributed by atoms with van der Waals surface area (Å²) in [4.78, 5) is 15.5. The smallest absolute Gasteiger partial charge is 0.228 e. The zero-order valence-corrected chi connectivity index (χ0v) is 14.6. The predicted octanol–water partition coefficient (Wildman–Crippen LogP) is 3.09. The van der Waals surface area contributed by atoms with E-state index >= 15 is 0 Å². The lowest BCUT2D eigenvalue weighted by molar-refractivity contribution is 0.701. The first-order valence-corrected chi connectivity index (χ1v) is 8.48. The monoisotopic (exact) mass is 344 g/mol. The molecule has 0 amide bonds. The molecule has 2 N–H and O–H groups in total. The third-order valence-corrected chi connectivity index (χ3v) is 4.34. The van der Waals surface area contributed by atoms with Crippen LogP contribution < -0.4 is 10.6 Å². The van der Waals surface area contributed by atoms with Crippen molar-refractivity contribution in [2.24, 2.45) is 0 Å². The van der Waals surface area contributed by atoms with E-state index < -0.39 is 0 Å². The molecule has 0 aliphatic heterocycles. The van der Waals surface area contributed by atoms with Crippen LogP contribution in [0.1, 0.15) is 11.4 Å². The average Bonchev–Trinajstić information content (AvgIpc) is 3.09. The van der Waals surface area contributed by atoms with Gasteiger partial charge in [-0.1, -0.05) is 42.5 Å². The molecule has 6 nitrogen and oxygen atoms in total. The summed E-state index contributed by atoms with van der Waals surface area (Å²) in [6.45, 7) is 1.38. The van der Waals surface area contributed by atoms with Crippen LogP contribution in [0.15, 0.2) is 67.0 Å². The number of hydrogen-bond acceptors (Lipinski definition) is 5. The summed E-state index contributed by atoms with van der Waals surface area (Å²) in [5.41, 5.74) is 8.18. The number of fused-ring (bicyclic) bond motifs is 1. The Kier molecular flexibility index (Phi) is 4.23. The molecule has 2 aromatic heterocycles. The fraction of sp³-hybridized carbons (Fsp3) is 0.150. The van der Waals surface area contributed by atoms with Gasteiger partial charge in [0.15, 0.2) is 0 Å². The first-order valence-electron chi connectivity index (χ1n) is 8.48. The van der Waals surface area contributed by atoms with E-state index in [2.05, 4.69) is 31.7 Å². The lowest BCUT2D eigenvalue weighted by atomic mass is 10.2. The number of benzene rings is 2. The maximum atomic E-state index is 6.10. The second kappa shape index (κ2) is 6.84. The summed E-state index contributed by atoms with van der Waals surface area (Å²) in [6, 6.07) is 18.1. The van der Waals surface area contributed by atoms with Gasteiger partial charge in [0.25, 0.3) is 0 Å². The van der Waals surface area contributed by atoms with Crippen molar-refractivity contribution in [3.63, 3.8) is 0 Å². The Morgan fingerprint density at radius 3 is 2.62 bits per heavy atom. The number of nitrogen functional groups attached to an aromatic ring is 1. The van der Waals surface area contributed by atoms with Gasteiger partial charge in [-0.3, -0.25) is 0 Å². The molecule has 130 valence electrons. The molecule has 0 saturated heterocycles. The van der Waals surface area contributed by atoms with E-state index in [1.807, 2.05) is 66.8 Å². The topological polar surface area (TPSA) is 72.9 Å². The van der Waals surface area contributed by atoms with E-state index in [0.29, 0.717) is 18.3 Å². The molecule has 0 atom stereocenters. The molecule has 2 heterocycles. The molecular formula is C20H20N6. The molecular weight excluding hydrogens is 324 g/mol. The van der Waals surface area contributed by atoms with Crippen LogP contribution >= 0.6 is 0 Å². The SMILES string of the molecule is CN(Cc1nccn1Cc1ccccc1)c1nc(N)c2ccccc2n1. The molecule has 2 aromatic carbocycles. The van der Waals surface area contributed by atoms with Crippen molar-refractivity contribution >= 4 is 22.7 Å². The van der Waals surface area contributed by atoms with Crippen molar-refractivity contribution in [1.29, 1.82) is 0 Å². The average molecular weight is 344 g/mol. The number of anilines is 2. The highest BCUT2D eigenvalue weighted by Crippen LogP contribution is 2.21. The zero-order chi connectivity index (χ0) is 17.9.